The van der Waals surface area contributed by atoms with Crippen molar-refractivity contribution < 1.29 is 4.79 Å². The third kappa shape index (κ3) is 1.36. The Hall–Kier alpha value is -0.240. The fourth-order valence-electron chi connectivity index (χ4n) is 0.751. The Bertz CT molecular complexity index is 170. The van der Waals surface area contributed by atoms with E-state index in [2.05, 4.69) is 0 Å². The Morgan fingerprint density at radius 3 is 2.44 bits per heavy atom. The van der Waals surface area contributed by atoms with Crippen LogP contribution in [0.4, 0.5) is 0 Å². The predicted octanol–water partition coefficient (Wildman–Crippen LogP) is 1.64. The zero-order chi connectivity index (χ0) is 6.85. The monoisotopic (exact) mass is 142 g/mol. The molecule has 0 aromatic heterocycles. The van der Waals surface area contributed by atoms with Gasteiger partial charge in [-0.3, -0.25) is 4.79 Å². The van der Waals surface area contributed by atoms with Crippen molar-refractivity contribution in [3.8, 4) is 0 Å². The van der Waals surface area contributed by atoms with E-state index in [9.17, 15) is 4.79 Å². The van der Waals surface area contributed by atoms with Crippen LogP contribution < -0.4 is 0 Å². The van der Waals surface area contributed by atoms with Crippen LogP contribution in [-0.4, -0.2) is 17.3 Å². The molecule has 0 saturated heterocycles. The summed E-state index contributed by atoms with van der Waals surface area (Å²) in [6.07, 6.45) is 0. The predicted molar refractivity (Wildman–Crippen MR) is 40.7 cm³/mol. The summed E-state index contributed by atoms with van der Waals surface area (Å²) in [4.78, 5) is 10.9. The molecule has 1 nitrogen and oxygen atoms in total. The van der Waals surface area contributed by atoms with E-state index in [4.69, 9.17) is 0 Å². The molecule has 9 heavy (non-hydrogen) atoms. The van der Waals surface area contributed by atoms with Crippen molar-refractivity contribution in [2.24, 2.45) is 0 Å². The molecule has 50 valence electrons. The van der Waals surface area contributed by atoms with Gasteiger partial charge in [-0.2, -0.15) is 0 Å². The highest BCUT2D eigenvalue weighted by Crippen LogP contribution is 2.19. The zero-order valence-electron chi connectivity index (χ0n) is 5.73. The van der Waals surface area contributed by atoms with Gasteiger partial charge in [0.05, 0.1) is 5.75 Å². The van der Waals surface area contributed by atoms with Crippen molar-refractivity contribution in [1.29, 1.82) is 0 Å². The SMILES string of the molecule is CC1=C(C)C(=O)CSC1. The van der Waals surface area contributed by atoms with Gasteiger partial charge >= 0.3 is 0 Å². The highest BCUT2D eigenvalue weighted by atomic mass is 32.2. The van der Waals surface area contributed by atoms with Gasteiger partial charge in [0.2, 0.25) is 0 Å². The third-order valence-electron chi connectivity index (χ3n) is 1.61. The van der Waals surface area contributed by atoms with Crippen molar-refractivity contribution in [3.63, 3.8) is 0 Å². The lowest BCUT2D eigenvalue weighted by molar-refractivity contribution is -0.113. The van der Waals surface area contributed by atoms with Crippen LogP contribution in [0.5, 0.6) is 0 Å². The second-order valence-corrected chi connectivity index (χ2v) is 3.31. The van der Waals surface area contributed by atoms with Gasteiger partial charge in [-0.15, -0.1) is 11.8 Å². The molecule has 0 atom stereocenters. The smallest absolute Gasteiger partial charge is 0.168 e. The van der Waals surface area contributed by atoms with Crippen LogP contribution >= 0.6 is 11.8 Å². The lowest BCUT2D eigenvalue weighted by atomic mass is 10.1. The molecule has 1 heterocycles. The van der Waals surface area contributed by atoms with E-state index < -0.39 is 0 Å². The fraction of sp³-hybridized carbons (Fsp3) is 0.571. The Morgan fingerprint density at radius 1 is 1.33 bits per heavy atom. The Balaban J connectivity index is 2.84. The van der Waals surface area contributed by atoms with E-state index in [1.165, 1.54) is 5.57 Å². The van der Waals surface area contributed by atoms with Gasteiger partial charge in [-0.25, -0.2) is 0 Å². The van der Waals surface area contributed by atoms with Gasteiger partial charge < -0.3 is 0 Å². The maximum atomic E-state index is 10.9. The molecule has 0 radical (unpaired) electrons. The second kappa shape index (κ2) is 2.56. The van der Waals surface area contributed by atoms with E-state index in [-0.39, 0.29) is 0 Å². The van der Waals surface area contributed by atoms with Crippen molar-refractivity contribution in [2.45, 2.75) is 13.8 Å². The van der Waals surface area contributed by atoms with Gasteiger partial charge in [0.25, 0.3) is 0 Å². The molecule has 0 N–H and O–H groups in total. The molecule has 2 heteroatoms. The number of carbonyl (C=O) groups is 1. The van der Waals surface area contributed by atoms with Crippen LogP contribution in [0.15, 0.2) is 11.1 Å². The van der Waals surface area contributed by atoms with Crippen LogP contribution in [0.2, 0.25) is 0 Å². The van der Waals surface area contributed by atoms with Gasteiger partial charge in [0.15, 0.2) is 5.78 Å². The molecule has 1 aliphatic rings. The van der Waals surface area contributed by atoms with Gasteiger partial charge in [-0.1, -0.05) is 5.57 Å². The lowest BCUT2D eigenvalue weighted by Gasteiger charge is -2.11. The molecule has 0 bridgehead atoms. The highest BCUT2D eigenvalue weighted by Gasteiger charge is 2.12. The number of hydrogen-bond acceptors (Lipinski definition) is 2. The highest BCUT2D eigenvalue weighted by molar-refractivity contribution is 8.00. The van der Waals surface area contributed by atoms with E-state index in [1.807, 2.05) is 13.8 Å². The first kappa shape index (κ1) is 6.87. The summed E-state index contributed by atoms with van der Waals surface area (Å²) in [7, 11) is 0. The molecular formula is C7H10OS. The minimum absolute atomic E-state index is 0.309. The number of carbonyl (C=O) groups excluding carboxylic acids is 1. The molecule has 0 fully saturated rings. The van der Waals surface area contributed by atoms with Crippen LogP contribution in [0.25, 0.3) is 0 Å². The minimum Gasteiger partial charge on any atom is -0.294 e. The molecule has 0 spiro atoms. The summed E-state index contributed by atoms with van der Waals surface area (Å²) in [5.41, 5.74) is 2.23. The number of rotatable bonds is 0. The summed E-state index contributed by atoms with van der Waals surface area (Å²) in [5, 5.41) is 0. The standard InChI is InChI=1S/C7H10OS/c1-5-3-9-4-7(8)6(5)2/h3-4H2,1-2H3. The number of Topliss-reactive ketones (excluding diaryl/α,β-unsaturated/α-hetero) is 1. The maximum absolute atomic E-state index is 10.9. The average molecular weight is 142 g/mol. The average Bonchev–Trinajstić information content (AvgIpc) is 1.83. The number of ketones is 1. The normalized spacial score (nSPS) is 20.9. The molecule has 0 unspecified atom stereocenters. The number of hydrogen-bond donors (Lipinski definition) is 0. The Labute approximate surface area is 59.5 Å². The van der Waals surface area contributed by atoms with E-state index in [0.717, 1.165) is 11.3 Å². The first-order valence-corrected chi connectivity index (χ1v) is 4.14. The maximum Gasteiger partial charge on any atom is 0.168 e. The van der Waals surface area contributed by atoms with Crippen LogP contribution in [0, 0.1) is 0 Å². The summed E-state index contributed by atoms with van der Waals surface area (Å²) in [6.45, 7) is 3.94. The van der Waals surface area contributed by atoms with Crippen molar-refractivity contribution in [1.82, 2.24) is 0 Å². The van der Waals surface area contributed by atoms with Crippen molar-refractivity contribution in [3.05, 3.63) is 11.1 Å². The van der Waals surface area contributed by atoms with Crippen molar-refractivity contribution in [2.75, 3.05) is 11.5 Å². The molecule has 0 saturated carbocycles. The fourth-order valence-corrected chi connectivity index (χ4v) is 1.78. The molecule has 1 aliphatic heterocycles. The molecular weight excluding hydrogens is 132 g/mol. The number of thioether (sulfide) groups is 1. The van der Waals surface area contributed by atoms with Gasteiger partial charge in [0, 0.05) is 5.75 Å². The molecule has 0 amide bonds. The summed E-state index contributed by atoms with van der Waals surface area (Å²) in [6, 6.07) is 0. The second-order valence-electron chi connectivity index (χ2n) is 2.32. The third-order valence-corrected chi connectivity index (χ3v) is 2.71. The molecule has 1 rings (SSSR count). The van der Waals surface area contributed by atoms with E-state index in [1.54, 1.807) is 11.8 Å². The van der Waals surface area contributed by atoms with Crippen LogP contribution in [0.1, 0.15) is 13.8 Å². The largest absolute Gasteiger partial charge is 0.294 e. The quantitative estimate of drug-likeness (QED) is 0.511. The topological polar surface area (TPSA) is 17.1 Å². The first-order valence-electron chi connectivity index (χ1n) is 2.99. The lowest BCUT2D eigenvalue weighted by Crippen LogP contribution is -2.11. The van der Waals surface area contributed by atoms with Crippen LogP contribution in [0.3, 0.4) is 0 Å². The summed E-state index contributed by atoms with van der Waals surface area (Å²) in [5.74, 6) is 2.03. The molecule has 0 aliphatic carbocycles. The summed E-state index contributed by atoms with van der Waals surface area (Å²) < 4.78 is 0. The van der Waals surface area contributed by atoms with Gasteiger partial charge in [0.1, 0.15) is 0 Å². The Kier molecular flexibility index (Phi) is 1.96. The van der Waals surface area contributed by atoms with Crippen molar-refractivity contribution >= 4 is 17.5 Å². The Morgan fingerprint density at radius 2 is 2.00 bits per heavy atom. The molecule has 0 aromatic carbocycles. The van der Waals surface area contributed by atoms with Gasteiger partial charge in [-0.05, 0) is 19.4 Å². The van der Waals surface area contributed by atoms with Crippen LogP contribution in [-0.2, 0) is 4.79 Å². The molecule has 0 aromatic rings. The summed E-state index contributed by atoms with van der Waals surface area (Å²) >= 11 is 1.71. The minimum atomic E-state index is 0.309. The first-order chi connectivity index (χ1) is 4.22. The van der Waals surface area contributed by atoms with E-state index >= 15 is 0 Å². The zero-order valence-corrected chi connectivity index (χ0v) is 6.55. The van der Waals surface area contributed by atoms with E-state index in [0.29, 0.717) is 11.5 Å². The number of allylic oxidation sites excluding steroid dienone is 1.